The van der Waals surface area contributed by atoms with E-state index in [1.165, 1.54) is 11.1 Å². The van der Waals surface area contributed by atoms with Gasteiger partial charge < -0.3 is 4.74 Å². The van der Waals surface area contributed by atoms with E-state index in [1.54, 1.807) is 11.3 Å². The third kappa shape index (κ3) is 3.07. The van der Waals surface area contributed by atoms with Crippen LogP contribution < -0.4 is 0 Å². The number of allylic oxidation sites excluding steroid dienone is 4. The quantitative estimate of drug-likeness (QED) is 0.410. The van der Waals surface area contributed by atoms with E-state index >= 15 is 0 Å². The van der Waals surface area contributed by atoms with E-state index in [0.717, 1.165) is 28.0 Å². The van der Waals surface area contributed by atoms with Crippen LogP contribution in [0.4, 0.5) is 0 Å². The lowest BCUT2D eigenvalue weighted by atomic mass is 9.74. The Balaban J connectivity index is 1.58. The Morgan fingerprint density at radius 1 is 1.12 bits per heavy atom. The van der Waals surface area contributed by atoms with Gasteiger partial charge in [0, 0.05) is 34.1 Å². The average Bonchev–Trinajstić information content (AvgIpc) is 3.47. The van der Waals surface area contributed by atoms with Crippen molar-refractivity contribution in [2.75, 3.05) is 6.61 Å². The number of ketones is 1. The molecule has 5 unspecified atom stereocenters. The minimum absolute atomic E-state index is 0.0375. The molecule has 3 aliphatic carbocycles. The molecule has 2 aromatic rings. The van der Waals surface area contributed by atoms with Crippen molar-refractivity contribution in [1.82, 2.24) is 0 Å². The van der Waals surface area contributed by atoms with Gasteiger partial charge in [-0.15, -0.1) is 11.3 Å². The lowest BCUT2D eigenvalue weighted by molar-refractivity contribution is -0.139. The normalized spacial score (nSPS) is 29.1. The standard InChI is InChI=1S/C28H28O3S/c1-5-31-28(30)23-15(2)13-18-14-21(27(29)25(18)26(23)22-11-8-12-32-22)24-17(4)16(3)19-9-6-7-10-20(19)24/h6-13,16,21,24-26H,4-5,14H2,1-3H3. The van der Waals surface area contributed by atoms with Gasteiger partial charge in [-0.1, -0.05) is 61.1 Å². The Bertz CT molecular complexity index is 1170. The van der Waals surface area contributed by atoms with Crippen LogP contribution in [0.5, 0.6) is 0 Å². The highest BCUT2D eigenvalue weighted by atomic mass is 32.1. The van der Waals surface area contributed by atoms with E-state index in [-0.39, 0.29) is 41.3 Å². The third-order valence-corrected chi connectivity index (χ3v) is 8.45. The Morgan fingerprint density at radius 2 is 1.88 bits per heavy atom. The molecular formula is C28H28O3S. The van der Waals surface area contributed by atoms with Crippen LogP contribution in [0.1, 0.15) is 60.9 Å². The molecule has 4 heteroatoms. The predicted octanol–water partition coefficient (Wildman–Crippen LogP) is 6.31. The molecule has 0 spiro atoms. The lowest BCUT2D eigenvalue weighted by Gasteiger charge is -2.30. The van der Waals surface area contributed by atoms with Crippen molar-refractivity contribution in [2.24, 2.45) is 11.8 Å². The molecule has 1 aromatic heterocycles. The second-order valence-electron chi connectivity index (χ2n) is 9.12. The summed E-state index contributed by atoms with van der Waals surface area (Å²) in [5.41, 5.74) is 6.36. The van der Waals surface area contributed by atoms with Crippen molar-refractivity contribution in [2.45, 2.75) is 44.9 Å². The molecule has 1 saturated carbocycles. The second-order valence-corrected chi connectivity index (χ2v) is 10.1. The van der Waals surface area contributed by atoms with Gasteiger partial charge >= 0.3 is 5.97 Å². The van der Waals surface area contributed by atoms with Crippen LogP contribution in [0.3, 0.4) is 0 Å². The van der Waals surface area contributed by atoms with Crippen LogP contribution in [-0.2, 0) is 14.3 Å². The zero-order valence-electron chi connectivity index (χ0n) is 18.8. The molecule has 0 bridgehead atoms. The first-order valence-electron chi connectivity index (χ1n) is 11.4. The summed E-state index contributed by atoms with van der Waals surface area (Å²) in [5, 5.41) is 2.01. The van der Waals surface area contributed by atoms with E-state index in [0.29, 0.717) is 12.2 Å². The Labute approximate surface area is 193 Å². The third-order valence-electron chi connectivity index (χ3n) is 7.50. The maximum atomic E-state index is 14.1. The van der Waals surface area contributed by atoms with Crippen LogP contribution in [-0.4, -0.2) is 18.4 Å². The molecule has 0 aliphatic heterocycles. The number of thiophene rings is 1. The SMILES string of the molecule is C=C1C(C)c2ccccc2C1C1CC2=CC(C)=C(C(=O)OCC)C(c3cccs3)C2C1=O. The zero-order chi connectivity index (χ0) is 22.6. The Morgan fingerprint density at radius 3 is 2.56 bits per heavy atom. The molecule has 0 radical (unpaired) electrons. The number of carbonyl (C=O) groups excluding carboxylic acids is 2. The van der Waals surface area contributed by atoms with Crippen molar-refractivity contribution in [3.05, 3.63) is 92.7 Å². The van der Waals surface area contributed by atoms with Crippen LogP contribution in [0.2, 0.25) is 0 Å². The highest BCUT2D eigenvalue weighted by molar-refractivity contribution is 7.10. The predicted molar refractivity (Wildman–Crippen MR) is 128 cm³/mol. The molecule has 1 heterocycles. The highest BCUT2D eigenvalue weighted by Gasteiger charge is 2.52. The van der Waals surface area contributed by atoms with Gasteiger partial charge in [-0.05, 0) is 48.4 Å². The van der Waals surface area contributed by atoms with Crippen molar-refractivity contribution in [1.29, 1.82) is 0 Å². The summed E-state index contributed by atoms with van der Waals surface area (Å²) in [6.07, 6.45) is 2.80. The summed E-state index contributed by atoms with van der Waals surface area (Å²) in [4.78, 5) is 28.1. The van der Waals surface area contributed by atoms with E-state index < -0.39 is 0 Å². The summed E-state index contributed by atoms with van der Waals surface area (Å²) >= 11 is 1.61. The van der Waals surface area contributed by atoms with Crippen molar-refractivity contribution in [3.8, 4) is 0 Å². The van der Waals surface area contributed by atoms with E-state index in [4.69, 9.17) is 4.74 Å². The van der Waals surface area contributed by atoms with Crippen LogP contribution in [0.25, 0.3) is 0 Å². The number of esters is 1. The number of Topliss-reactive ketones (excluding diaryl/α,β-unsaturated/α-hetero) is 1. The summed E-state index contributed by atoms with van der Waals surface area (Å²) < 4.78 is 5.42. The summed E-state index contributed by atoms with van der Waals surface area (Å²) in [7, 11) is 0. The molecule has 5 rings (SSSR count). The highest BCUT2D eigenvalue weighted by Crippen LogP contribution is 2.57. The largest absolute Gasteiger partial charge is 0.463 e. The molecular weight excluding hydrogens is 416 g/mol. The van der Waals surface area contributed by atoms with E-state index in [2.05, 4.69) is 43.8 Å². The Hall–Kier alpha value is -2.72. The number of fused-ring (bicyclic) bond motifs is 2. The Kier molecular flexibility index (Phi) is 5.29. The minimum Gasteiger partial charge on any atom is -0.463 e. The maximum absolute atomic E-state index is 14.1. The molecule has 1 fully saturated rings. The van der Waals surface area contributed by atoms with Crippen molar-refractivity contribution >= 4 is 23.1 Å². The van der Waals surface area contributed by atoms with Gasteiger partial charge in [-0.25, -0.2) is 4.79 Å². The fourth-order valence-corrected chi connectivity index (χ4v) is 6.95. The number of benzene rings is 1. The van der Waals surface area contributed by atoms with E-state index in [1.807, 2.05) is 31.4 Å². The average molecular weight is 445 g/mol. The van der Waals surface area contributed by atoms with Gasteiger partial charge in [-0.2, -0.15) is 0 Å². The number of hydrogen-bond donors (Lipinski definition) is 0. The molecule has 1 aromatic carbocycles. The summed E-state index contributed by atoms with van der Waals surface area (Å²) in [5.74, 6) is -0.495. The van der Waals surface area contributed by atoms with Gasteiger partial charge in [0.1, 0.15) is 5.78 Å². The number of ether oxygens (including phenoxy) is 1. The van der Waals surface area contributed by atoms with Crippen LogP contribution >= 0.6 is 11.3 Å². The molecule has 3 nitrogen and oxygen atoms in total. The maximum Gasteiger partial charge on any atom is 0.334 e. The first-order chi connectivity index (χ1) is 15.4. The summed E-state index contributed by atoms with van der Waals surface area (Å²) in [6, 6.07) is 12.5. The van der Waals surface area contributed by atoms with Crippen molar-refractivity contribution < 1.29 is 14.3 Å². The second kappa shape index (κ2) is 8.00. The van der Waals surface area contributed by atoms with Gasteiger partial charge in [0.2, 0.25) is 0 Å². The van der Waals surface area contributed by atoms with Gasteiger partial charge in [0.25, 0.3) is 0 Å². The molecule has 0 amide bonds. The number of hydrogen-bond acceptors (Lipinski definition) is 4. The first kappa shape index (κ1) is 21.1. The molecule has 0 saturated heterocycles. The molecule has 5 atom stereocenters. The van der Waals surface area contributed by atoms with Crippen LogP contribution in [0, 0.1) is 11.8 Å². The number of carbonyl (C=O) groups is 2. The molecule has 164 valence electrons. The summed E-state index contributed by atoms with van der Waals surface area (Å²) in [6.45, 7) is 10.7. The fraction of sp³-hybridized carbons (Fsp3) is 0.357. The topological polar surface area (TPSA) is 43.4 Å². The zero-order valence-corrected chi connectivity index (χ0v) is 19.6. The molecule has 3 aliphatic rings. The monoisotopic (exact) mass is 444 g/mol. The minimum atomic E-state index is -0.308. The smallest absolute Gasteiger partial charge is 0.334 e. The lowest BCUT2D eigenvalue weighted by Crippen LogP contribution is -2.30. The van der Waals surface area contributed by atoms with E-state index in [9.17, 15) is 9.59 Å². The van der Waals surface area contributed by atoms with Crippen molar-refractivity contribution in [3.63, 3.8) is 0 Å². The first-order valence-corrected chi connectivity index (χ1v) is 12.2. The van der Waals surface area contributed by atoms with Gasteiger partial charge in [-0.3, -0.25) is 4.79 Å². The fourth-order valence-electron chi connectivity index (χ4n) is 6.08. The van der Waals surface area contributed by atoms with Gasteiger partial charge in [0.05, 0.1) is 12.5 Å². The van der Waals surface area contributed by atoms with Crippen LogP contribution in [0.15, 0.2) is 76.7 Å². The molecule has 32 heavy (non-hydrogen) atoms. The van der Waals surface area contributed by atoms with Gasteiger partial charge in [0.15, 0.2) is 0 Å². The number of rotatable bonds is 4. The molecule has 0 N–H and O–H groups in total.